The Kier molecular flexibility index (Phi) is 6.15. The molecule has 1 fully saturated rings. The van der Waals surface area contributed by atoms with Crippen LogP contribution in [0.4, 0.5) is 5.82 Å². The van der Waals surface area contributed by atoms with E-state index in [0.717, 1.165) is 5.56 Å². The maximum atomic E-state index is 12.0. The topological polar surface area (TPSA) is 125 Å². The molecule has 0 aliphatic carbocycles. The van der Waals surface area contributed by atoms with Crippen molar-refractivity contribution in [3.8, 4) is 0 Å². The Balaban J connectivity index is 1.64. The van der Waals surface area contributed by atoms with Gasteiger partial charge in [0.15, 0.2) is 0 Å². The number of fused-ring (bicyclic) bond motifs is 1. The molecule has 0 spiro atoms. The molecule has 1 aliphatic heterocycles. The number of anilines is 1. The number of hydrogen-bond acceptors (Lipinski definition) is 7. The van der Waals surface area contributed by atoms with Crippen molar-refractivity contribution in [2.45, 2.75) is 28.5 Å². The van der Waals surface area contributed by atoms with Gasteiger partial charge in [0.05, 0.1) is 0 Å². The number of benzene rings is 1. The van der Waals surface area contributed by atoms with E-state index in [2.05, 4.69) is 25.6 Å². The summed E-state index contributed by atoms with van der Waals surface area (Å²) in [5, 5.41) is 27.3. The van der Waals surface area contributed by atoms with Crippen LogP contribution in [0.15, 0.2) is 30.6 Å². The van der Waals surface area contributed by atoms with Gasteiger partial charge in [-0.25, -0.2) is 0 Å². The Bertz CT molecular complexity index is 1100. The number of carbonyl (C=O) groups excluding carboxylic acids is 1. The molecule has 0 saturated carbocycles. The average Bonchev–Trinajstić information content (AvgIpc) is 3.27. The van der Waals surface area contributed by atoms with Crippen molar-refractivity contribution in [2.24, 2.45) is 0 Å². The molecule has 4 N–H and O–H groups in total. The monoisotopic (exact) mass is 516 g/mol. The molecule has 1 saturated heterocycles. The first kappa shape index (κ1) is 21.3. The van der Waals surface area contributed by atoms with E-state index in [1.54, 1.807) is 10.6 Å². The van der Waals surface area contributed by atoms with Gasteiger partial charge >= 0.3 is 188 Å². The summed E-state index contributed by atoms with van der Waals surface area (Å²) in [6, 6.07) is 7.41. The number of hydrogen-bond donors (Lipinski definition) is 4. The van der Waals surface area contributed by atoms with Gasteiger partial charge in [0.2, 0.25) is 0 Å². The molecule has 4 atom stereocenters. The molecule has 1 amide bonds. The number of imidazole rings is 1. The van der Waals surface area contributed by atoms with Gasteiger partial charge in [0, 0.05) is 0 Å². The minimum atomic E-state index is -1.16. The van der Waals surface area contributed by atoms with Crippen molar-refractivity contribution in [1.29, 1.82) is 0 Å². The van der Waals surface area contributed by atoms with E-state index < -0.39 is 36.9 Å². The molecule has 1 aliphatic rings. The van der Waals surface area contributed by atoms with Crippen molar-refractivity contribution >= 4 is 61.0 Å². The first-order valence-corrected chi connectivity index (χ1v) is 11.7. The van der Waals surface area contributed by atoms with E-state index in [-0.39, 0.29) is 11.2 Å². The number of amides is 1. The molecule has 0 unspecified atom stereocenters. The molecule has 1 aromatic carbocycles. The van der Waals surface area contributed by atoms with E-state index >= 15 is 0 Å². The van der Waals surface area contributed by atoms with Crippen molar-refractivity contribution in [3.05, 3.63) is 46.5 Å². The normalized spacial score (nSPS) is 23.6. The zero-order chi connectivity index (χ0) is 21.4. The fourth-order valence-corrected chi connectivity index (χ4v) is 6.74. The molecule has 12 heteroatoms. The number of carbonyl (C=O) groups is 1. The van der Waals surface area contributed by atoms with Crippen LogP contribution in [0.3, 0.4) is 0 Å². The van der Waals surface area contributed by atoms with Crippen LogP contribution >= 0.6 is 23.2 Å². The maximum absolute atomic E-state index is 12.0. The summed E-state index contributed by atoms with van der Waals surface area (Å²) in [7, 11) is 1.50. The van der Waals surface area contributed by atoms with Crippen molar-refractivity contribution in [3.63, 3.8) is 0 Å². The second kappa shape index (κ2) is 8.66. The Morgan fingerprint density at radius 3 is 2.80 bits per heavy atom. The number of nitrogens with zero attached hydrogens (tertiary/aromatic N) is 4. The third-order valence-electron chi connectivity index (χ3n) is 4.76. The van der Waals surface area contributed by atoms with Gasteiger partial charge in [-0.05, 0) is 0 Å². The predicted octanol–water partition coefficient (Wildman–Crippen LogP) is 1.22. The molecule has 0 bridgehead atoms. The predicted molar refractivity (Wildman–Crippen MR) is 114 cm³/mol. The number of aromatic nitrogens is 4. The Morgan fingerprint density at radius 2 is 2.07 bits per heavy atom. The molecular weight excluding hydrogens is 498 g/mol. The van der Waals surface area contributed by atoms with Crippen molar-refractivity contribution < 1.29 is 15.0 Å². The summed E-state index contributed by atoms with van der Waals surface area (Å²) in [6.45, 7) is 0.448. The Morgan fingerprint density at radius 1 is 1.27 bits per heavy atom. The summed E-state index contributed by atoms with van der Waals surface area (Å²) in [5.41, 5.74) is 1.84. The van der Waals surface area contributed by atoms with Gasteiger partial charge in [-0.1, -0.05) is 0 Å². The van der Waals surface area contributed by atoms with E-state index in [4.69, 9.17) is 23.2 Å². The Labute approximate surface area is 188 Å². The molecule has 158 valence electrons. The molecule has 3 heterocycles. The van der Waals surface area contributed by atoms with Crippen LogP contribution in [-0.4, -0.2) is 69.9 Å². The van der Waals surface area contributed by atoms with E-state index in [9.17, 15) is 15.0 Å². The zero-order valence-corrected chi connectivity index (χ0v) is 18.9. The van der Waals surface area contributed by atoms with Crippen molar-refractivity contribution in [2.75, 3.05) is 12.4 Å². The van der Waals surface area contributed by atoms with Gasteiger partial charge in [0.1, 0.15) is 0 Å². The summed E-state index contributed by atoms with van der Waals surface area (Å²) in [5.74, 6) is 0.136. The quantitative estimate of drug-likeness (QED) is 0.297. The number of aliphatic hydroxyl groups excluding tert-OH is 2. The zero-order valence-electron chi connectivity index (χ0n) is 15.7. The van der Waals surface area contributed by atoms with E-state index in [0.29, 0.717) is 28.5 Å². The first-order chi connectivity index (χ1) is 14.4. The third kappa shape index (κ3) is 3.99. The third-order valence-corrected chi connectivity index (χ3v) is 8.46. The standard InChI is InChI=1S/C18H18Cl2N6O3Se/c1-21-16(29)13-11(27)12(28)17(30-13)26-7-23-10-14(24-18(20)25-15(10)26)22-6-8-3-2-4-9(19)5-8/h2-5,7,11-13,17,27-28H,6H2,1H3,(H,21,29)(H,22,24,25)/t11-,12+,13+,17+/m0/s1. The van der Waals surface area contributed by atoms with Crippen LogP contribution in [0, 0.1) is 0 Å². The number of rotatable bonds is 5. The molecule has 30 heavy (non-hydrogen) atoms. The summed E-state index contributed by atoms with van der Waals surface area (Å²) in [4.78, 5) is 23.7. The molecular formula is C18H18Cl2N6O3Se. The molecule has 2 aromatic heterocycles. The van der Waals surface area contributed by atoms with Crippen LogP contribution in [0.5, 0.6) is 0 Å². The first-order valence-electron chi connectivity index (χ1n) is 9.00. The molecule has 3 aromatic rings. The minimum absolute atomic E-state index is 0.0150. The number of halogens is 2. The van der Waals surface area contributed by atoms with Crippen LogP contribution < -0.4 is 10.6 Å². The van der Waals surface area contributed by atoms with Crippen LogP contribution in [-0.2, 0) is 11.3 Å². The van der Waals surface area contributed by atoms with Gasteiger partial charge < -0.3 is 0 Å². The van der Waals surface area contributed by atoms with E-state index in [1.165, 1.54) is 13.4 Å². The fourth-order valence-electron chi connectivity index (χ4n) is 3.28. The van der Waals surface area contributed by atoms with Gasteiger partial charge in [-0.3, -0.25) is 0 Å². The average molecular weight is 516 g/mol. The van der Waals surface area contributed by atoms with Crippen LogP contribution in [0.1, 0.15) is 10.5 Å². The summed E-state index contributed by atoms with van der Waals surface area (Å²) >= 11 is 11.7. The Hall–Kier alpha value is -1.94. The number of aliphatic hydroxyl groups is 2. The molecule has 9 nitrogen and oxygen atoms in total. The van der Waals surface area contributed by atoms with E-state index in [1.807, 2.05) is 18.2 Å². The van der Waals surface area contributed by atoms with Gasteiger partial charge in [-0.15, -0.1) is 0 Å². The fraction of sp³-hybridized carbons (Fsp3) is 0.333. The summed E-state index contributed by atoms with van der Waals surface area (Å²) < 4.78 is 1.66. The SMILES string of the molecule is CNC(=O)[C@@H]1[Se][C@@H](n2cnc3c(NCc4cccc(Cl)c4)nc(Cl)nc32)[C@H](O)[C@@H]1O. The van der Waals surface area contributed by atoms with Crippen LogP contribution in [0.2, 0.25) is 15.1 Å². The molecule has 0 radical (unpaired) electrons. The second-order valence-electron chi connectivity index (χ2n) is 6.69. The second-order valence-corrected chi connectivity index (χ2v) is 10.1. The van der Waals surface area contributed by atoms with Crippen LogP contribution in [0.25, 0.3) is 11.2 Å². The number of nitrogens with one attached hydrogen (secondary N) is 2. The van der Waals surface area contributed by atoms with Gasteiger partial charge in [-0.2, -0.15) is 0 Å². The van der Waals surface area contributed by atoms with Crippen molar-refractivity contribution in [1.82, 2.24) is 24.8 Å². The molecule has 4 rings (SSSR count). The summed E-state index contributed by atoms with van der Waals surface area (Å²) in [6.07, 6.45) is -0.763. The van der Waals surface area contributed by atoms with Gasteiger partial charge in [0.25, 0.3) is 0 Å².